The van der Waals surface area contributed by atoms with E-state index in [0.717, 1.165) is 44.9 Å². The Morgan fingerprint density at radius 3 is 1.06 bits per heavy atom. The highest BCUT2D eigenvalue weighted by Crippen LogP contribution is 2.17. The summed E-state index contributed by atoms with van der Waals surface area (Å²) in [5, 5.41) is 23.0. The molecule has 0 aromatic heterocycles. The summed E-state index contributed by atoms with van der Waals surface area (Å²) in [6, 6.07) is -0.627. The molecule has 0 bridgehead atoms. The Labute approximate surface area is 449 Å². The summed E-state index contributed by atoms with van der Waals surface area (Å²) in [7, 11) is 0. The van der Waals surface area contributed by atoms with Crippen LogP contribution in [0.25, 0.3) is 0 Å². The number of carbonyl (C=O) groups is 2. The Morgan fingerprint density at radius 2 is 0.694 bits per heavy atom. The van der Waals surface area contributed by atoms with Crippen molar-refractivity contribution < 1.29 is 24.5 Å². The molecule has 72 heavy (non-hydrogen) atoms. The molecule has 0 aliphatic carbocycles. The highest BCUT2D eigenvalue weighted by Gasteiger charge is 2.18. The van der Waals surface area contributed by atoms with Crippen molar-refractivity contribution in [2.75, 3.05) is 13.2 Å². The van der Waals surface area contributed by atoms with Gasteiger partial charge in [0, 0.05) is 12.8 Å². The van der Waals surface area contributed by atoms with Gasteiger partial charge in [-0.2, -0.15) is 0 Å². The molecule has 0 rings (SSSR count). The Kier molecular flexibility index (Phi) is 60.0. The minimum Gasteiger partial charge on any atom is -0.466 e. The van der Waals surface area contributed by atoms with Crippen LogP contribution < -0.4 is 5.32 Å². The Balaban J connectivity index is 3.38. The summed E-state index contributed by atoms with van der Waals surface area (Å²) in [5.41, 5.74) is 0. The maximum Gasteiger partial charge on any atom is 0.305 e. The van der Waals surface area contributed by atoms with Gasteiger partial charge >= 0.3 is 5.97 Å². The fraction of sp³-hybridized carbons (Fsp3) is 0.879. The van der Waals surface area contributed by atoms with Crippen molar-refractivity contribution in [3.05, 3.63) is 36.5 Å². The van der Waals surface area contributed by atoms with E-state index in [1.54, 1.807) is 6.08 Å². The fourth-order valence-electron chi connectivity index (χ4n) is 9.96. The van der Waals surface area contributed by atoms with Crippen molar-refractivity contribution in [1.82, 2.24) is 5.32 Å². The van der Waals surface area contributed by atoms with Crippen molar-refractivity contribution >= 4 is 11.9 Å². The summed E-state index contributed by atoms with van der Waals surface area (Å²) in [6.45, 7) is 4.90. The van der Waals surface area contributed by atoms with Crippen LogP contribution in [0.1, 0.15) is 348 Å². The molecule has 0 saturated heterocycles. The lowest BCUT2D eigenvalue weighted by molar-refractivity contribution is -0.143. The maximum atomic E-state index is 12.4. The molecule has 2 atom stereocenters. The van der Waals surface area contributed by atoms with E-state index < -0.39 is 12.1 Å². The molecule has 0 aliphatic heterocycles. The number of nitrogens with one attached hydrogen (secondary N) is 1. The Hall–Kier alpha value is -1.92. The standard InChI is InChI=1S/C66H125NO5/c1-3-5-7-9-11-13-15-16-17-34-37-40-44-48-52-56-60-66(71)72-61-57-53-49-45-41-38-35-32-30-28-26-24-22-20-18-19-21-23-25-27-29-31-33-36-39-43-47-51-55-59-65(70)67-63(62-68)64(69)58-54-50-46-42-14-12-10-8-6-4-2/h18,20,24,26,54,58,63-64,68-69H,3-17,19,21-23,25,27-53,55-57,59-62H2,1-2H3,(H,67,70)/b20-18-,26-24-,58-54+. The molecule has 0 radical (unpaired) electrons. The summed E-state index contributed by atoms with van der Waals surface area (Å²) in [4.78, 5) is 24.5. The van der Waals surface area contributed by atoms with Crippen molar-refractivity contribution in [3.63, 3.8) is 0 Å². The van der Waals surface area contributed by atoms with Crippen molar-refractivity contribution in [2.45, 2.75) is 360 Å². The number of ether oxygens (including phenoxy) is 1. The second kappa shape index (κ2) is 61.6. The van der Waals surface area contributed by atoms with E-state index in [-0.39, 0.29) is 18.5 Å². The molecular weight excluding hydrogens is 887 g/mol. The van der Waals surface area contributed by atoms with Gasteiger partial charge in [0.1, 0.15) is 0 Å². The number of unbranched alkanes of at least 4 members (excludes halogenated alkanes) is 45. The first-order valence-electron chi connectivity index (χ1n) is 32.3. The number of aliphatic hydroxyl groups is 2. The van der Waals surface area contributed by atoms with Gasteiger partial charge in [-0.1, -0.05) is 307 Å². The second-order valence-corrected chi connectivity index (χ2v) is 22.1. The molecular formula is C66H125NO5. The predicted molar refractivity (Wildman–Crippen MR) is 315 cm³/mol. The second-order valence-electron chi connectivity index (χ2n) is 22.1. The maximum absolute atomic E-state index is 12.4. The summed E-state index contributed by atoms with van der Waals surface area (Å²) in [6.07, 6.45) is 77.8. The number of allylic oxidation sites excluding steroid dienone is 5. The van der Waals surface area contributed by atoms with E-state index in [1.165, 1.54) is 276 Å². The number of carbonyl (C=O) groups excluding carboxylic acids is 2. The van der Waals surface area contributed by atoms with Crippen LogP contribution in [0.5, 0.6) is 0 Å². The van der Waals surface area contributed by atoms with E-state index in [2.05, 4.69) is 43.5 Å². The average Bonchev–Trinajstić information content (AvgIpc) is 3.38. The van der Waals surface area contributed by atoms with Crippen molar-refractivity contribution in [2.24, 2.45) is 0 Å². The third-order valence-corrected chi connectivity index (χ3v) is 14.9. The molecule has 424 valence electrons. The zero-order valence-electron chi connectivity index (χ0n) is 48.4. The van der Waals surface area contributed by atoms with Crippen LogP contribution in [0.2, 0.25) is 0 Å². The Bertz CT molecular complexity index is 1170. The minimum absolute atomic E-state index is 0.0151. The van der Waals surface area contributed by atoms with Gasteiger partial charge in [0.2, 0.25) is 5.91 Å². The van der Waals surface area contributed by atoms with Gasteiger partial charge in [0.25, 0.3) is 0 Å². The molecule has 2 unspecified atom stereocenters. The third-order valence-electron chi connectivity index (χ3n) is 14.9. The van der Waals surface area contributed by atoms with Gasteiger partial charge in [-0.15, -0.1) is 0 Å². The lowest BCUT2D eigenvalue weighted by Crippen LogP contribution is -2.45. The first-order valence-corrected chi connectivity index (χ1v) is 32.3. The number of amides is 1. The number of rotatable bonds is 60. The lowest BCUT2D eigenvalue weighted by atomic mass is 10.0. The molecule has 0 aliphatic rings. The van der Waals surface area contributed by atoms with Crippen LogP contribution in [0.3, 0.4) is 0 Å². The SMILES string of the molecule is CCCCCCCCCC/C=C/C(O)C(CO)NC(=O)CCCCCCCCCCCCCCC/C=C\C/C=C\CCCCCCCCCCCOC(=O)CCCCCCCCCCCCCCCCCC. The van der Waals surface area contributed by atoms with Gasteiger partial charge in [0.05, 0.1) is 25.4 Å². The smallest absolute Gasteiger partial charge is 0.305 e. The molecule has 0 fully saturated rings. The molecule has 0 aromatic rings. The molecule has 0 spiro atoms. The van der Waals surface area contributed by atoms with Crippen LogP contribution in [0.4, 0.5) is 0 Å². The summed E-state index contributed by atoms with van der Waals surface area (Å²) >= 11 is 0. The molecule has 0 saturated carbocycles. The van der Waals surface area contributed by atoms with Crippen LogP contribution in [0.15, 0.2) is 36.5 Å². The average molecular weight is 1010 g/mol. The van der Waals surface area contributed by atoms with E-state index in [4.69, 9.17) is 4.74 Å². The topological polar surface area (TPSA) is 95.9 Å². The van der Waals surface area contributed by atoms with E-state index >= 15 is 0 Å². The molecule has 0 heterocycles. The van der Waals surface area contributed by atoms with Crippen LogP contribution >= 0.6 is 0 Å². The molecule has 6 nitrogen and oxygen atoms in total. The monoisotopic (exact) mass is 1010 g/mol. The molecule has 0 aromatic carbocycles. The highest BCUT2D eigenvalue weighted by molar-refractivity contribution is 5.76. The first-order chi connectivity index (χ1) is 35.5. The number of aliphatic hydroxyl groups excluding tert-OH is 2. The van der Waals surface area contributed by atoms with Crippen molar-refractivity contribution in [1.29, 1.82) is 0 Å². The van der Waals surface area contributed by atoms with Gasteiger partial charge in [-0.05, 0) is 64.2 Å². The van der Waals surface area contributed by atoms with Gasteiger partial charge in [-0.3, -0.25) is 9.59 Å². The number of hydrogen-bond acceptors (Lipinski definition) is 5. The molecule has 1 amide bonds. The van der Waals surface area contributed by atoms with Crippen LogP contribution in [0, 0.1) is 0 Å². The first kappa shape index (κ1) is 70.1. The van der Waals surface area contributed by atoms with Gasteiger partial charge < -0.3 is 20.3 Å². The van der Waals surface area contributed by atoms with E-state index in [1.807, 2.05) is 6.08 Å². The van der Waals surface area contributed by atoms with Crippen LogP contribution in [-0.4, -0.2) is 47.4 Å². The van der Waals surface area contributed by atoms with Gasteiger partial charge in [-0.25, -0.2) is 0 Å². The van der Waals surface area contributed by atoms with Gasteiger partial charge in [0.15, 0.2) is 0 Å². The highest BCUT2D eigenvalue weighted by atomic mass is 16.5. The normalized spacial score (nSPS) is 12.8. The zero-order valence-corrected chi connectivity index (χ0v) is 48.4. The number of esters is 1. The zero-order chi connectivity index (χ0) is 52.2. The Morgan fingerprint density at radius 1 is 0.389 bits per heavy atom. The minimum atomic E-state index is -0.843. The summed E-state index contributed by atoms with van der Waals surface area (Å²) < 4.78 is 5.49. The fourth-order valence-corrected chi connectivity index (χ4v) is 9.96. The number of hydrogen-bond donors (Lipinski definition) is 3. The molecule has 3 N–H and O–H groups in total. The quantitative estimate of drug-likeness (QED) is 0.0320. The summed E-state index contributed by atoms with van der Waals surface area (Å²) in [5.74, 6) is -0.0552. The van der Waals surface area contributed by atoms with E-state index in [0.29, 0.717) is 19.4 Å². The lowest BCUT2D eigenvalue weighted by Gasteiger charge is -2.20. The van der Waals surface area contributed by atoms with Crippen LogP contribution in [-0.2, 0) is 14.3 Å². The predicted octanol–water partition coefficient (Wildman–Crippen LogP) is 20.4. The largest absolute Gasteiger partial charge is 0.466 e. The van der Waals surface area contributed by atoms with Crippen molar-refractivity contribution in [3.8, 4) is 0 Å². The molecule has 6 heteroatoms. The van der Waals surface area contributed by atoms with E-state index in [9.17, 15) is 19.8 Å². The third kappa shape index (κ3) is 57.4.